The first kappa shape index (κ1) is 12.0. The lowest BCUT2D eigenvalue weighted by Crippen LogP contribution is -2.18. The van der Waals surface area contributed by atoms with Crippen molar-refractivity contribution in [3.63, 3.8) is 0 Å². The van der Waals surface area contributed by atoms with Crippen LogP contribution in [-0.2, 0) is 0 Å². The van der Waals surface area contributed by atoms with E-state index in [9.17, 15) is 9.59 Å². The third-order valence-electron chi connectivity index (χ3n) is 2.91. The number of carboxylic acids is 1. The maximum absolute atomic E-state index is 11.6. The fourth-order valence-electron chi connectivity index (χ4n) is 1.92. The van der Waals surface area contributed by atoms with E-state index in [0.29, 0.717) is 11.4 Å². The average molecular weight is 267 g/mol. The van der Waals surface area contributed by atoms with Crippen molar-refractivity contribution in [3.05, 3.63) is 58.6 Å². The van der Waals surface area contributed by atoms with Crippen LogP contribution in [-0.4, -0.2) is 26.0 Å². The molecule has 0 aliphatic carbocycles. The van der Waals surface area contributed by atoms with E-state index in [2.05, 4.69) is 15.0 Å². The van der Waals surface area contributed by atoms with Gasteiger partial charge in [0.15, 0.2) is 0 Å². The molecule has 0 aliphatic heterocycles. The van der Waals surface area contributed by atoms with Crippen LogP contribution in [0.5, 0.6) is 0 Å². The molecule has 0 unspecified atom stereocenters. The molecule has 3 rings (SSSR count). The van der Waals surface area contributed by atoms with Gasteiger partial charge in [0.25, 0.3) is 5.56 Å². The summed E-state index contributed by atoms with van der Waals surface area (Å²) in [6.07, 6.45) is 2.76. The highest BCUT2D eigenvalue weighted by atomic mass is 16.4. The van der Waals surface area contributed by atoms with Crippen LogP contribution in [0, 0.1) is 0 Å². The van der Waals surface area contributed by atoms with Crippen molar-refractivity contribution < 1.29 is 9.90 Å². The second-order valence-corrected chi connectivity index (χ2v) is 4.19. The molecule has 98 valence electrons. The second kappa shape index (κ2) is 4.58. The lowest BCUT2D eigenvalue weighted by atomic mass is 10.1. The Labute approximate surface area is 112 Å². The Bertz CT molecular complexity index is 871. The van der Waals surface area contributed by atoms with Crippen molar-refractivity contribution in [1.29, 1.82) is 0 Å². The first-order chi connectivity index (χ1) is 9.65. The number of benzene rings is 1. The van der Waals surface area contributed by atoms with Crippen LogP contribution in [0.4, 0.5) is 0 Å². The van der Waals surface area contributed by atoms with Crippen LogP contribution in [0.1, 0.15) is 10.4 Å². The predicted octanol–water partition coefficient (Wildman–Crippen LogP) is 1.68. The first-order valence-corrected chi connectivity index (χ1v) is 5.83. The molecule has 0 aliphatic rings. The highest BCUT2D eigenvalue weighted by Crippen LogP contribution is 2.19. The minimum absolute atomic E-state index is 0.325. The van der Waals surface area contributed by atoms with Gasteiger partial charge in [-0.25, -0.2) is 9.78 Å². The molecule has 0 bridgehead atoms. The standard InChI is InChI=1S/C14H9N3O3/c18-13-10(14(19)20)7-16-12(17-13)9-3-4-11-8(6-9)2-1-5-15-11/h1-7H,(H,19,20)(H,16,17,18). The van der Waals surface area contributed by atoms with Gasteiger partial charge in [0.2, 0.25) is 0 Å². The van der Waals surface area contributed by atoms with Crippen LogP contribution in [0.3, 0.4) is 0 Å². The summed E-state index contributed by atoms with van der Waals surface area (Å²) in [6.45, 7) is 0. The highest BCUT2D eigenvalue weighted by Gasteiger charge is 2.10. The van der Waals surface area contributed by atoms with Crippen LogP contribution >= 0.6 is 0 Å². The summed E-state index contributed by atoms with van der Waals surface area (Å²) < 4.78 is 0. The lowest BCUT2D eigenvalue weighted by molar-refractivity contribution is 0.0694. The Kier molecular flexibility index (Phi) is 2.76. The van der Waals surface area contributed by atoms with E-state index in [1.807, 2.05) is 24.3 Å². The minimum atomic E-state index is -1.30. The third-order valence-corrected chi connectivity index (χ3v) is 2.91. The fourth-order valence-corrected chi connectivity index (χ4v) is 1.92. The zero-order valence-corrected chi connectivity index (χ0v) is 10.2. The Balaban J connectivity index is 2.13. The van der Waals surface area contributed by atoms with E-state index < -0.39 is 11.5 Å². The number of nitrogens with zero attached hydrogens (tertiary/aromatic N) is 2. The number of nitrogens with one attached hydrogen (secondary N) is 1. The van der Waals surface area contributed by atoms with Crippen LogP contribution in [0.25, 0.3) is 22.3 Å². The molecule has 0 saturated heterocycles. The smallest absolute Gasteiger partial charge is 0.342 e. The van der Waals surface area contributed by atoms with E-state index in [4.69, 9.17) is 5.11 Å². The number of H-pyrrole nitrogens is 1. The predicted molar refractivity (Wildman–Crippen MR) is 72.6 cm³/mol. The molecular weight excluding hydrogens is 258 g/mol. The molecule has 20 heavy (non-hydrogen) atoms. The molecule has 0 radical (unpaired) electrons. The first-order valence-electron chi connectivity index (χ1n) is 5.83. The molecule has 2 N–H and O–H groups in total. The third kappa shape index (κ3) is 2.03. The van der Waals surface area contributed by atoms with Crippen molar-refractivity contribution in [3.8, 4) is 11.4 Å². The van der Waals surface area contributed by atoms with E-state index in [1.54, 1.807) is 12.3 Å². The van der Waals surface area contributed by atoms with Gasteiger partial charge < -0.3 is 10.1 Å². The Morgan fingerprint density at radius 2 is 2.05 bits per heavy atom. The van der Waals surface area contributed by atoms with Crippen molar-refractivity contribution in [1.82, 2.24) is 15.0 Å². The molecule has 6 heteroatoms. The quantitative estimate of drug-likeness (QED) is 0.736. The normalized spacial score (nSPS) is 10.6. The molecule has 0 atom stereocenters. The van der Waals surface area contributed by atoms with Gasteiger partial charge >= 0.3 is 5.97 Å². The number of rotatable bonds is 2. The number of fused-ring (bicyclic) bond motifs is 1. The van der Waals surface area contributed by atoms with Crippen molar-refractivity contribution >= 4 is 16.9 Å². The number of hydrogen-bond donors (Lipinski definition) is 2. The number of carboxylic acid groups (broad SMARTS) is 1. The molecule has 0 saturated carbocycles. The Morgan fingerprint density at radius 3 is 2.80 bits per heavy atom. The molecule has 2 heterocycles. The zero-order valence-electron chi connectivity index (χ0n) is 10.2. The van der Waals surface area contributed by atoms with E-state index in [0.717, 1.165) is 17.1 Å². The monoisotopic (exact) mass is 267 g/mol. The summed E-state index contributed by atoms with van der Waals surface area (Å²) in [5.41, 5.74) is 0.477. The van der Waals surface area contributed by atoms with Crippen LogP contribution < -0.4 is 5.56 Å². The number of hydrogen-bond acceptors (Lipinski definition) is 4. The molecule has 0 fully saturated rings. The van der Waals surface area contributed by atoms with Gasteiger partial charge in [0.1, 0.15) is 11.4 Å². The van der Waals surface area contributed by atoms with E-state index in [-0.39, 0.29) is 5.56 Å². The van der Waals surface area contributed by atoms with E-state index >= 15 is 0 Å². The number of aromatic amines is 1. The summed E-state index contributed by atoms with van der Waals surface area (Å²) in [6, 6.07) is 9.14. The second-order valence-electron chi connectivity index (χ2n) is 4.19. The Morgan fingerprint density at radius 1 is 1.20 bits per heavy atom. The summed E-state index contributed by atoms with van der Waals surface area (Å²) in [5, 5.41) is 9.71. The number of pyridine rings is 1. The van der Waals surface area contributed by atoms with E-state index in [1.165, 1.54) is 0 Å². The van der Waals surface area contributed by atoms with Crippen molar-refractivity contribution in [2.24, 2.45) is 0 Å². The number of aromatic carboxylic acids is 1. The van der Waals surface area contributed by atoms with Gasteiger partial charge in [-0.3, -0.25) is 9.78 Å². The molecule has 0 amide bonds. The average Bonchev–Trinajstić information content (AvgIpc) is 2.46. The molecule has 6 nitrogen and oxygen atoms in total. The number of aromatic nitrogens is 3. The van der Waals surface area contributed by atoms with Crippen LogP contribution in [0.2, 0.25) is 0 Å². The van der Waals surface area contributed by atoms with Gasteiger partial charge in [0.05, 0.1) is 5.52 Å². The molecular formula is C14H9N3O3. The zero-order chi connectivity index (χ0) is 14.1. The maximum atomic E-state index is 11.6. The summed E-state index contributed by atoms with van der Waals surface area (Å²) in [4.78, 5) is 33.1. The van der Waals surface area contributed by atoms with Gasteiger partial charge in [-0.2, -0.15) is 0 Å². The highest BCUT2D eigenvalue weighted by molar-refractivity contribution is 5.87. The summed E-state index contributed by atoms with van der Waals surface area (Å²) in [5.74, 6) is -0.973. The molecule has 0 spiro atoms. The topological polar surface area (TPSA) is 95.9 Å². The Hall–Kier alpha value is -3.02. The van der Waals surface area contributed by atoms with Gasteiger partial charge in [-0.1, -0.05) is 6.07 Å². The maximum Gasteiger partial charge on any atom is 0.342 e. The SMILES string of the molecule is O=C(O)c1cnc(-c2ccc3ncccc3c2)[nH]c1=O. The van der Waals surface area contributed by atoms with Crippen LogP contribution in [0.15, 0.2) is 47.5 Å². The van der Waals surface area contributed by atoms with Gasteiger partial charge in [-0.15, -0.1) is 0 Å². The fraction of sp³-hybridized carbons (Fsp3) is 0. The summed E-state index contributed by atoms with van der Waals surface area (Å²) >= 11 is 0. The largest absolute Gasteiger partial charge is 0.477 e. The lowest BCUT2D eigenvalue weighted by Gasteiger charge is -2.03. The summed E-state index contributed by atoms with van der Waals surface area (Å²) in [7, 11) is 0. The van der Waals surface area contributed by atoms with Crippen molar-refractivity contribution in [2.75, 3.05) is 0 Å². The minimum Gasteiger partial charge on any atom is -0.477 e. The van der Waals surface area contributed by atoms with Gasteiger partial charge in [0, 0.05) is 23.3 Å². The molecule has 1 aromatic carbocycles. The van der Waals surface area contributed by atoms with Crippen molar-refractivity contribution in [2.45, 2.75) is 0 Å². The van der Waals surface area contributed by atoms with Gasteiger partial charge in [-0.05, 0) is 24.3 Å². The number of carbonyl (C=O) groups is 1. The molecule has 2 aromatic heterocycles. The molecule has 3 aromatic rings.